The number of hydrogen-bond acceptors (Lipinski definition) is 3. The summed E-state index contributed by atoms with van der Waals surface area (Å²) >= 11 is 5.44. The molecule has 106 valence electrons. The van der Waals surface area contributed by atoms with Gasteiger partial charge in [0.15, 0.2) is 0 Å². The molecule has 0 aliphatic carbocycles. The Labute approximate surface area is 132 Å². The summed E-state index contributed by atoms with van der Waals surface area (Å²) in [5, 5.41) is 5.61. The van der Waals surface area contributed by atoms with Gasteiger partial charge in [0.2, 0.25) is 0 Å². The van der Waals surface area contributed by atoms with Gasteiger partial charge in [-0.3, -0.25) is 0 Å². The molecule has 0 fully saturated rings. The third-order valence-corrected chi connectivity index (χ3v) is 5.41. The Morgan fingerprint density at radius 1 is 1.45 bits per heavy atom. The van der Waals surface area contributed by atoms with E-state index in [-0.39, 0.29) is 0 Å². The van der Waals surface area contributed by atoms with E-state index in [1.165, 1.54) is 21.6 Å². The van der Waals surface area contributed by atoms with Crippen molar-refractivity contribution in [2.45, 2.75) is 25.8 Å². The molecule has 1 aromatic heterocycles. The number of halogens is 1. The second kappa shape index (κ2) is 5.88. The van der Waals surface area contributed by atoms with Gasteiger partial charge in [-0.15, -0.1) is 11.3 Å². The molecular weight excluding hydrogens is 334 g/mol. The molecule has 1 atom stereocenters. The molecule has 1 aliphatic heterocycles. The largest absolute Gasteiger partial charge is 0.493 e. The first kappa shape index (κ1) is 14.1. The summed E-state index contributed by atoms with van der Waals surface area (Å²) in [6.45, 7) is 2.99. The Kier molecular flexibility index (Phi) is 4.15. The highest BCUT2D eigenvalue weighted by molar-refractivity contribution is 9.10. The summed E-state index contributed by atoms with van der Waals surface area (Å²) in [4.78, 5) is 1.42. The van der Waals surface area contributed by atoms with Gasteiger partial charge in [-0.2, -0.15) is 0 Å². The normalized spacial score (nSPS) is 14.9. The van der Waals surface area contributed by atoms with E-state index in [0.717, 1.165) is 29.7 Å². The molecule has 0 bridgehead atoms. The third-order valence-electron chi connectivity index (χ3n) is 3.82. The number of hydrogen-bond donors (Lipinski definition) is 1. The molecule has 1 N–H and O–H groups in total. The van der Waals surface area contributed by atoms with Crippen molar-refractivity contribution in [3.63, 3.8) is 0 Å². The van der Waals surface area contributed by atoms with Crippen LogP contribution >= 0.6 is 27.3 Å². The van der Waals surface area contributed by atoms with Crippen molar-refractivity contribution in [3.05, 3.63) is 49.6 Å². The molecule has 0 saturated carbocycles. The molecule has 4 heteroatoms. The molecule has 1 aromatic carbocycles. The quantitative estimate of drug-likeness (QED) is 0.888. The van der Waals surface area contributed by atoms with Crippen LogP contribution in [0.15, 0.2) is 28.1 Å². The number of likely N-dealkylation sites (N-methyl/N-ethyl adjacent to an activating group) is 1. The average molecular weight is 352 g/mol. The Bertz CT molecular complexity index is 623. The van der Waals surface area contributed by atoms with Gasteiger partial charge in [-0.25, -0.2) is 0 Å². The van der Waals surface area contributed by atoms with E-state index in [0.29, 0.717) is 6.04 Å². The fourth-order valence-electron chi connectivity index (χ4n) is 2.78. The minimum atomic E-state index is 0.345. The van der Waals surface area contributed by atoms with Crippen LogP contribution in [0.5, 0.6) is 5.75 Å². The van der Waals surface area contributed by atoms with E-state index in [1.54, 1.807) is 0 Å². The number of nitrogens with one attached hydrogen (secondary N) is 1. The van der Waals surface area contributed by atoms with Crippen LogP contribution in [-0.4, -0.2) is 13.7 Å². The highest BCUT2D eigenvalue weighted by Gasteiger charge is 2.21. The zero-order valence-electron chi connectivity index (χ0n) is 11.7. The second-order valence-corrected chi connectivity index (χ2v) is 7.03. The molecule has 2 aromatic rings. The first-order valence-electron chi connectivity index (χ1n) is 6.84. The Morgan fingerprint density at radius 3 is 3.00 bits per heavy atom. The summed E-state index contributed by atoms with van der Waals surface area (Å²) < 4.78 is 6.98. The molecule has 2 heterocycles. The first-order chi connectivity index (χ1) is 9.69. The lowest BCUT2D eigenvalue weighted by molar-refractivity contribution is 0.352. The molecule has 0 radical (unpaired) electrons. The van der Waals surface area contributed by atoms with E-state index in [1.807, 2.05) is 18.4 Å². The Balaban J connectivity index is 1.92. The van der Waals surface area contributed by atoms with Crippen LogP contribution in [0.1, 0.15) is 27.6 Å². The lowest BCUT2D eigenvalue weighted by atomic mass is 9.99. The smallest absolute Gasteiger partial charge is 0.125 e. The lowest BCUT2D eigenvalue weighted by Crippen LogP contribution is -2.18. The summed E-state index contributed by atoms with van der Waals surface area (Å²) in [7, 11) is 2.03. The van der Waals surface area contributed by atoms with Crippen molar-refractivity contribution in [2.75, 3.05) is 13.7 Å². The van der Waals surface area contributed by atoms with Gasteiger partial charge in [-0.1, -0.05) is 15.9 Å². The zero-order valence-corrected chi connectivity index (χ0v) is 14.1. The standard InChI is InChI=1S/C16H18BrNOS/c1-10-4-6-20-16(10)14(18-2)9-12-8-13(17)7-11-3-5-19-15(11)12/h4,6-8,14,18H,3,5,9H2,1-2H3. The van der Waals surface area contributed by atoms with Crippen LogP contribution in [0.3, 0.4) is 0 Å². The van der Waals surface area contributed by atoms with E-state index in [9.17, 15) is 0 Å². The van der Waals surface area contributed by atoms with Gasteiger partial charge in [0.1, 0.15) is 5.75 Å². The monoisotopic (exact) mass is 351 g/mol. The predicted molar refractivity (Wildman–Crippen MR) is 87.9 cm³/mol. The number of thiophene rings is 1. The maximum Gasteiger partial charge on any atom is 0.125 e. The van der Waals surface area contributed by atoms with Crippen molar-refractivity contribution >= 4 is 27.3 Å². The van der Waals surface area contributed by atoms with E-state index >= 15 is 0 Å². The van der Waals surface area contributed by atoms with E-state index in [4.69, 9.17) is 4.74 Å². The van der Waals surface area contributed by atoms with Gasteiger partial charge < -0.3 is 10.1 Å². The molecular formula is C16H18BrNOS. The van der Waals surface area contributed by atoms with Gasteiger partial charge in [0, 0.05) is 21.8 Å². The minimum absolute atomic E-state index is 0.345. The molecule has 0 amide bonds. The fourth-order valence-corrected chi connectivity index (χ4v) is 4.38. The van der Waals surface area contributed by atoms with Crippen LogP contribution in [-0.2, 0) is 12.8 Å². The summed E-state index contributed by atoms with van der Waals surface area (Å²) in [5.74, 6) is 1.10. The fraction of sp³-hybridized carbons (Fsp3) is 0.375. The summed E-state index contributed by atoms with van der Waals surface area (Å²) in [6, 6.07) is 6.90. The van der Waals surface area contributed by atoms with Crippen LogP contribution in [0.2, 0.25) is 0 Å². The number of rotatable bonds is 4. The summed E-state index contributed by atoms with van der Waals surface area (Å²) in [6.07, 6.45) is 1.98. The van der Waals surface area contributed by atoms with Crippen LogP contribution in [0.4, 0.5) is 0 Å². The van der Waals surface area contributed by atoms with Gasteiger partial charge in [0.25, 0.3) is 0 Å². The molecule has 3 rings (SSSR count). The third kappa shape index (κ3) is 2.65. The first-order valence-corrected chi connectivity index (χ1v) is 8.51. The highest BCUT2D eigenvalue weighted by Crippen LogP contribution is 2.36. The highest BCUT2D eigenvalue weighted by atomic mass is 79.9. The van der Waals surface area contributed by atoms with E-state index in [2.05, 4.69) is 51.7 Å². The maximum absolute atomic E-state index is 5.83. The second-order valence-electron chi connectivity index (χ2n) is 5.16. The van der Waals surface area contributed by atoms with Crippen LogP contribution < -0.4 is 10.1 Å². The van der Waals surface area contributed by atoms with Gasteiger partial charge in [-0.05, 0) is 60.7 Å². The predicted octanol–water partition coefficient (Wildman–Crippen LogP) is 4.26. The average Bonchev–Trinajstić information content (AvgIpc) is 3.04. The minimum Gasteiger partial charge on any atom is -0.493 e. The van der Waals surface area contributed by atoms with Gasteiger partial charge >= 0.3 is 0 Å². The van der Waals surface area contributed by atoms with Crippen LogP contribution in [0, 0.1) is 6.92 Å². The van der Waals surface area contributed by atoms with Gasteiger partial charge in [0.05, 0.1) is 6.61 Å². The molecule has 1 unspecified atom stereocenters. The Morgan fingerprint density at radius 2 is 2.30 bits per heavy atom. The van der Waals surface area contributed by atoms with Crippen molar-refractivity contribution in [3.8, 4) is 5.75 Å². The summed E-state index contributed by atoms with van der Waals surface area (Å²) in [5.41, 5.74) is 3.98. The molecule has 1 aliphatic rings. The van der Waals surface area contributed by atoms with E-state index < -0.39 is 0 Å². The maximum atomic E-state index is 5.83. The molecule has 2 nitrogen and oxygen atoms in total. The number of aryl methyl sites for hydroxylation is 1. The number of ether oxygens (including phenoxy) is 1. The van der Waals surface area contributed by atoms with Crippen molar-refractivity contribution in [2.24, 2.45) is 0 Å². The zero-order chi connectivity index (χ0) is 14.1. The SMILES string of the molecule is CNC(Cc1cc(Br)cc2c1OCC2)c1sccc1C. The Hall–Kier alpha value is -0.840. The molecule has 0 spiro atoms. The number of fused-ring (bicyclic) bond motifs is 1. The molecule has 0 saturated heterocycles. The van der Waals surface area contributed by atoms with Crippen molar-refractivity contribution in [1.82, 2.24) is 5.32 Å². The van der Waals surface area contributed by atoms with Crippen LogP contribution in [0.25, 0.3) is 0 Å². The topological polar surface area (TPSA) is 21.3 Å². The molecule has 20 heavy (non-hydrogen) atoms. The van der Waals surface area contributed by atoms with Crippen molar-refractivity contribution < 1.29 is 4.74 Å². The lowest BCUT2D eigenvalue weighted by Gasteiger charge is -2.18. The number of benzene rings is 1. The van der Waals surface area contributed by atoms with Crippen molar-refractivity contribution in [1.29, 1.82) is 0 Å².